The molecule has 31 heavy (non-hydrogen) atoms. The zero-order valence-electron chi connectivity index (χ0n) is 17.2. The zero-order chi connectivity index (χ0) is 21.2. The number of rotatable bonds is 6. The smallest absolute Gasteiger partial charge is 0.299 e. The monoisotopic (exact) mass is 437 g/mol. The lowest BCUT2D eigenvalue weighted by molar-refractivity contribution is 0.123. The second-order valence-corrected chi connectivity index (χ2v) is 9.00. The van der Waals surface area contributed by atoms with Crippen LogP contribution in [0.25, 0.3) is 16.1 Å². The van der Waals surface area contributed by atoms with Crippen LogP contribution in [0.4, 0.5) is 4.39 Å². The van der Waals surface area contributed by atoms with Crippen LogP contribution in [0.2, 0.25) is 0 Å². The number of fused-ring (bicyclic) bond motifs is 1. The van der Waals surface area contributed by atoms with Crippen molar-refractivity contribution in [2.75, 3.05) is 32.7 Å². The Balaban J connectivity index is 1.13. The summed E-state index contributed by atoms with van der Waals surface area (Å²) >= 11 is 1.73. The van der Waals surface area contributed by atoms with Crippen molar-refractivity contribution >= 4 is 17.0 Å². The number of nitrogens with zero attached hydrogens (tertiary/aromatic N) is 5. The Bertz CT molecular complexity index is 1240. The van der Waals surface area contributed by atoms with E-state index < -0.39 is 0 Å². The molecule has 1 aliphatic rings. The molecule has 1 fully saturated rings. The van der Waals surface area contributed by atoms with Gasteiger partial charge in [0.15, 0.2) is 5.65 Å². The topological polar surface area (TPSA) is 45.8 Å². The fourth-order valence-corrected chi connectivity index (χ4v) is 5.05. The predicted octanol–water partition coefficient (Wildman–Crippen LogP) is 3.18. The fraction of sp³-hybridized carbons (Fsp3) is 0.304. The summed E-state index contributed by atoms with van der Waals surface area (Å²) in [7, 11) is 0. The van der Waals surface area contributed by atoms with E-state index in [2.05, 4.69) is 27.0 Å². The molecule has 0 radical (unpaired) electrons. The van der Waals surface area contributed by atoms with Gasteiger partial charge >= 0.3 is 5.69 Å². The van der Waals surface area contributed by atoms with Crippen molar-refractivity contribution in [1.29, 1.82) is 0 Å². The molecule has 4 heterocycles. The van der Waals surface area contributed by atoms with Crippen molar-refractivity contribution < 1.29 is 4.39 Å². The molecule has 8 heteroatoms. The Morgan fingerprint density at radius 2 is 1.77 bits per heavy atom. The van der Waals surface area contributed by atoms with Crippen LogP contribution in [0.5, 0.6) is 0 Å². The molecular weight excluding hydrogens is 413 g/mol. The maximum atomic E-state index is 13.5. The molecule has 0 bridgehead atoms. The first-order valence-corrected chi connectivity index (χ1v) is 11.3. The largest absolute Gasteiger partial charge is 0.350 e. The molecule has 0 saturated carbocycles. The van der Waals surface area contributed by atoms with Crippen molar-refractivity contribution in [2.45, 2.75) is 13.1 Å². The van der Waals surface area contributed by atoms with Crippen LogP contribution < -0.4 is 5.69 Å². The van der Waals surface area contributed by atoms with Gasteiger partial charge in [0.2, 0.25) is 0 Å². The van der Waals surface area contributed by atoms with Crippen LogP contribution in [-0.4, -0.2) is 56.7 Å². The lowest BCUT2D eigenvalue weighted by Gasteiger charge is -2.34. The lowest BCUT2D eigenvalue weighted by Crippen LogP contribution is -2.47. The molecular formula is C23H24FN5OS. The Hall–Kier alpha value is -2.81. The van der Waals surface area contributed by atoms with Gasteiger partial charge in [-0.05, 0) is 42.0 Å². The highest BCUT2D eigenvalue weighted by atomic mass is 32.1. The van der Waals surface area contributed by atoms with E-state index in [1.54, 1.807) is 38.7 Å². The van der Waals surface area contributed by atoms with Gasteiger partial charge < -0.3 is 0 Å². The van der Waals surface area contributed by atoms with Crippen molar-refractivity contribution in [3.63, 3.8) is 0 Å². The molecule has 0 spiro atoms. The first-order valence-electron chi connectivity index (χ1n) is 10.5. The summed E-state index contributed by atoms with van der Waals surface area (Å²) in [5.41, 5.74) is 1.54. The third kappa shape index (κ3) is 4.46. The SMILES string of the molecule is O=c1n(CCN2CCN(Cc3ccc(-c4cccc(F)c4)s3)CC2)nc2ccccn12. The molecule has 0 aliphatic carbocycles. The van der Waals surface area contributed by atoms with Crippen molar-refractivity contribution in [3.05, 3.63) is 82.0 Å². The van der Waals surface area contributed by atoms with Gasteiger partial charge in [-0.15, -0.1) is 16.4 Å². The van der Waals surface area contributed by atoms with E-state index in [4.69, 9.17) is 0 Å². The molecule has 3 aromatic heterocycles. The number of benzene rings is 1. The molecule has 1 aliphatic heterocycles. The minimum atomic E-state index is -0.200. The number of aromatic nitrogens is 3. The van der Waals surface area contributed by atoms with Crippen LogP contribution in [0.15, 0.2) is 65.6 Å². The van der Waals surface area contributed by atoms with Crippen LogP contribution in [0.1, 0.15) is 4.88 Å². The quantitative estimate of drug-likeness (QED) is 0.465. The minimum Gasteiger partial charge on any atom is -0.299 e. The first-order chi connectivity index (χ1) is 15.2. The Labute approximate surface area is 183 Å². The van der Waals surface area contributed by atoms with Gasteiger partial charge in [0.25, 0.3) is 0 Å². The second-order valence-electron chi connectivity index (χ2n) is 7.83. The highest BCUT2D eigenvalue weighted by Crippen LogP contribution is 2.29. The number of thiophene rings is 1. The summed E-state index contributed by atoms with van der Waals surface area (Å²) in [6, 6.07) is 16.6. The van der Waals surface area contributed by atoms with Crippen molar-refractivity contribution in [2.24, 2.45) is 0 Å². The third-order valence-electron chi connectivity index (χ3n) is 5.73. The molecule has 0 N–H and O–H groups in total. The minimum absolute atomic E-state index is 0.0824. The van der Waals surface area contributed by atoms with Gasteiger partial charge in [-0.25, -0.2) is 13.9 Å². The lowest BCUT2D eigenvalue weighted by atomic mass is 10.2. The summed E-state index contributed by atoms with van der Waals surface area (Å²) < 4.78 is 16.6. The van der Waals surface area contributed by atoms with Crippen molar-refractivity contribution in [3.8, 4) is 10.4 Å². The van der Waals surface area contributed by atoms with E-state index in [0.29, 0.717) is 12.2 Å². The molecule has 1 saturated heterocycles. The maximum absolute atomic E-state index is 13.5. The highest BCUT2D eigenvalue weighted by Gasteiger charge is 2.18. The molecule has 5 rings (SSSR count). The summed E-state index contributed by atoms with van der Waals surface area (Å²) in [6.45, 7) is 6.28. The number of pyridine rings is 1. The third-order valence-corrected chi connectivity index (χ3v) is 6.85. The molecule has 0 atom stereocenters. The summed E-state index contributed by atoms with van der Waals surface area (Å²) in [5, 5.41) is 4.41. The average Bonchev–Trinajstić information content (AvgIpc) is 3.38. The number of hydrogen-bond donors (Lipinski definition) is 0. The number of halogens is 1. The van der Waals surface area contributed by atoms with Crippen molar-refractivity contribution in [1.82, 2.24) is 24.0 Å². The number of hydrogen-bond acceptors (Lipinski definition) is 5. The number of piperazine rings is 1. The average molecular weight is 438 g/mol. The molecule has 6 nitrogen and oxygen atoms in total. The van der Waals surface area contributed by atoms with Crippen LogP contribution in [0, 0.1) is 5.82 Å². The first kappa shape index (κ1) is 20.1. The maximum Gasteiger partial charge on any atom is 0.350 e. The summed E-state index contributed by atoms with van der Waals surface area (Å²) in [4.78, 5) is 19.6. The van der Waals surface area contributed by atoms with Crippen LogP contribution in [0.3, 0.4) is 0 Å². The van der Waals surface area contributed by atoms with E-state index in [0.717, 1.165) is 49.7 Å². The summed E-state index contributed by atoms with van der Waals surface area (Å²) in [6.07, 6.45) is 1.75. The molecule has 160 valence electrons. The summed E-state index contributed by atoms with van der Waals surface area (Å²) in [5.74, 6) is -0.200. The Kier molecular flexibility index (Phi) is 5.67. The Morgan fingerprint density at radius 3 is 2.58 bits per heavy atom. The fourth-order valence-electron chi connectivity index (χ4n) is 4.00. The molecule has 0 amide bonds. The van der Waals surface area contributed by atoms with Gasteiger partial charge in [-0.1, -0.05) is 18.2 Å². The van der Waals surface area contributed by atoms with Gasteiger partial charge in [0, 0.05) is 55.2 Å². The van der Waals surface area contributed by atoms with E-state index >= 15 is 0 Å². The van der Waals surface area contributed by atoms with Gasteiger partial charge in [0.1, 0.15) is 5.82 Å². The normalized spacial score (nSPS) is 15.6. The van der Waals surface area contributed by atoms with Crippen LogP contribution >= 0.6 is 11.3 Å². The van der Waals surface area contributed by atoms with Gasteiger partial charge in [0.05, 0.1) is 6.54 Å². The molecule has 0 unspecified atom stereocenters. The van der Waals surface area contributed by atoms with E-state index in [-0.39, 0.29) is 11.5 Å². The molecule has 1 aromatic carbocycles. The van der Waals surface area contributed by atoms with Gasteiger partial charge in [-0.2, -0.15) is 0 Å². The zero-order valence-corrected chi connectivity index (χ0v) is 18.0. The van der Waals surface area contributed by atoms with Gasteiger partial charge in [-0.3, -0.25) is 14.2 Å². The predicted molar refractivity (Wildman–Crippen MR) is 121 cm³/mol. The standard InChI is InChI=1S/C23H24FN5OS/c24-19-5-3-4-18(16-19)21-8-7-20(31-21)17-27-12-10-26(11-13-27)14-15-29-23(30)28-9-2-1-6-22(28)25-29/h1-9,16H,10-15,17H2. The highest BCUT2D eigenvalue weighted by molar-refractivity contribution is 7.15. The van der Waals surface area contributed by atoms with E-state index in [1.807, 2.05) is 24.3 Å². The van der Waals surface area contributed by atoms with E-state index in [9.17, 15) is 9.18 Å². The second kappa shape index (κ2) is 8.74. The Morgan fingerprint density at radius 1 is 0.935 bits per heavy atom. The molecule has 4 aromatic rings. The van der Waals surface area contributed by atoms with E-state index in [1.165, 1.54) is 10.9 Å². The van der Waals surface area contributed by atoms with Crippen LogP contribution in [-0.2, 0) is 13.1 Å².